The van der Waals surface area contributed by atoms with Crippen LogP contribution in [-0.2, 0) is 0 Å². The van der Waals surface area contributed by atoms with Crippen LogP contribution in [0, 0.1) is 5.92 Å². The zero-order valence-electron chi connectivity index (χ0n) is 8.04. The molecule has 0 spiro atoms. The molecule has 0 aliphatic heterocycles. The molecule has 0 saturated heterocycles. The van der Waals surface area contributed by atoms with E-state index in [9.17, 15) is 0 Å². The van der Waals surface area contributed by atoms with Crippen molar-refractivity contribution in [3.63, 3.8) is 0 Å². The molecule has 0 atom stereocenters. The van der Waals surface area contributed by atoms with Crippen molar-refractivity contribution in [2.75, 3.05) is 0 Å². The first-order valence-electron chi connectivity index (χ1n) is 4.44. The molecular formula is C12H16. The summed E-state index contributed by atoms with van der Waals surface area (Å²) in [6.07, 6.45) is 2.29. The van der Waals surface area contributed by atoms with Crippen LogP contribution in [0.15, 0.2) is 36.4 Å². The zero-order chi connectivity index (χ0) is 8.97. The van der Waals surface area contributed by atoms with Crippen molar-refractivity contribution in [1.82, 2.24) is 0 Å². The van der Waals surface area contributed by atoms with E-state index in [0.29, 0.717) is 5.92 Å². The Balaban J connectivity index is 2.85. The van der Waals surface area contributed by atoms with E-state index < -0.39 is 0 Å². The Hall–Kier alpha value is -1.04. The average molecular weight is 160 g/mol. The van der Waals surface area contributed by atoms with Gasteiger partial charge in [0.1, 0.15) is 0 Å². The van der Waals surface area contributed by atoms with Crippen LogP contribution < -0.4 is 0 Å². The van der Waals surface area contributed by atoms with Crippen molar-refractivity contribution in [3.8, 4) is 0 Å². The van der Waals surface area contributed by atoms with Crippen LogP contribution in [0.3, 0.4) is 0 Å². The van der Waals surface area contributed by atoms with Crippen LogP contribution in [0.25, 0.3) is 5.57 Å². The number of hydrogen-bond acceptors (Lipinski definition) is 0. The van der Waals surface area contributed by atoms with E-state index in [1.54, 1.807) is 0 Å². The number of benzene rings is 1. The molecule has 0 heterocycles. The second-order valence-electron chi connectivity index (χ2n) is 3.46. The molecule has 0 aliphatic rings. The topological polar surface area (TPSA) is 0 Å². The van der Waals surface area contributed by atoms with Crippen LogP contribution in [0.1, 0.15) is 26.3 Å². The van der Waals surface area contributed by atoms with E-state index in [4.69, 9.17) is 0 Å². The Bertz CT molecular complexity index is 255. The third kappa shape index (κ3) is 2.54. The van der Waals surface area contributed by atoms with Gasteiger partial charge in [-0.3, -0.25) is 0 Å². The lowest BCUT2D eigenvalue weighted by Crippen LogP contribution is -1.83. The summed E-state index contributed by atoms with van der Waals surface area (Å²) < 4.78 is 0. The molecule has 0 aliphatic carbocycles. The van der Waals surface area contributed by atoms with Gasteiger partial charge >= 0.3 is 0 Å². The lowest BCUT2D eigenvalue weighted by Gasteiger charge is -2.02. The minimum Gasteiger partial charge on any atom is -0.0784 e. The summed E-state index contributed by atoms with van der Waals surface area (Å²) in [5, 5.41) is 0. The molecule has 0 unspecified atom stereocenters. The predicted octanol–water partition coefficient (Wildman–Crippen LogP) is 3.75. The highest BCUT2D eigenvalue weighted by atomic mass is 14.0. The number of rotatable bonds is 2. The van der Waals surface area contributed by atoms with Gasteiger partial charge in [-0.15, -0.1) is 0 Å². The first-order valence-corrected chi connectivity index (χ1v) is 4.44. The van der Waals surface area contributed by atoms with E-state index >= 15 is 0 Å². The summed E-state index contributed by atoms with van der Waals surface area (Å²) in [5.74, 6) is 0.630. The molecule has 1 aromatic carbocycles. The minimum absolute atomic E-state index is 0.630. The van der Waals surface area contributed by atoms with Crippen molar-refractivity contribution >= 4 is 5.57 Å². The Kier molecular flexibility index (Phi) is 3.09. The molecule has 0 fully saturated rings. The summed E-state index contributed by atoms with van der Waals surface area (Å²) in [4.78, 5) is 0. The molecule has 1 rings (SSSR count). The molecule has 0 heteroatoms. The lowest BCUT2D eigenvalue weighted by atomic mass is 10.0. The number of allylic oxidation sites excluding steroid dienone is 2. The van der Waals surface area contributed by atoms with Gasteiger partial charge in [0.2, 0.25) is 0 Å². The normalized spacial score (nSPS) is 12.2. The monoisotopic (exact) mass is 160 g/mol. The Morgan fingerprint density at radius 2 is 1.75 bits per heavy atom. The molecule has 0 aromatic heterocycles. The third-order valence-corrected chi connectivity index (χ3v) is 1.81. The molecule has 0 amide bonds. The van der Waals surface area contributed by atoms with Crippen molar-refractivity contribution in [1.29, 1.82) is 0 Å². The average Bonchev–Trinajstić information content (AvgIpc) is 2.05. The Morgan fingerprint density at radius 1 is 1.17 bits per heavy atom. The van der Waals surface area contributed by atoms with E-state index in [1.165, 1.54) is 11.1 Å². The molecule has 0 saturated carbocycles. The third-order valence-electron chi connectivity index (χ3n) is 1.81. The fourth-order valence-electron chi connectivity index (χ4n) is 1.30. The zero-order valence-corrected chi connectivity index (χ0v) is 8.04. The maximum absolute atomic E-state index is 2.29. The largest absolute Gasteiger partial charge is 0.0784 e. The van der Waals surface area contributed by atoms with Crippen molar-refractivity contribution in [2.45, 2.75) is 20.8 Å². The highest BCUT2D eigenvalue weighted by Crippen LogP contribution is 2.14. The van der Waals surface area contributed by atoms with Crippen LogP contribution in [0.4, 0.5) is 0 Å². The van der Waals surface area contributed by atoms with Gasteiger partial charge in [0, 0.05) is 0 Å². The van der Waals surface area contributed by atoms with Gasteiger partial charge < -0.3 is 0 Å². The van der Waals surface area contributed by atoms with E-state index in [2.05, 4.69) is 51.1 Å². The summed E-state index contributed by atoms with van der Waals surface area (Å²) in [7, 11) is 0. The molecule has 12 heavy (non-hydrogen) atoms. The second-order valence-corrected chi connectivity index (χ2v) is 3.46. The first kappa shape index (κ1) is 9.05. The summed E-state index contributed by atoms with van der Waals surface area (Å²) in [6.45, 7) is 6.56. The van der Waals surface area contributed by atoms with Gasteiger partial charge in [-0.25, -0.2) is 0 Å². The van der Waals surface area contributed by atoms with Gasteiger partial charge in [-0.1, -0.05) is 50.3 Å². The number of hydrogen-bond donors (Lipinski definition) is 0. The molecule has 0 bridgehead atoms. The first-order chi connectivity index (χ1) is 5.70. The quantitative estimate of drug-likeness (QED) is 0.618. The van der Waals surface area contributed by atoms with E-state index in [1.807, 2.05) is 6.07 Å². The molecular weight excluding hydrogens is 144 g/mol. The van der Waals surface area contributed by atoms with Gasteiger partial charge in [0.25, 0.3) is 0 Å². The minimum atomic E-state index is 0.630. The smallest absolute Gasteiger partial charge is 0.0230 e. The van der Waals surface area contributed by atoms with Crippen LogP contribution in [0.5, 0.6) is 0 Å². The summed E-state index contributed by atoms with van der Waals surface area (Å²) >= 11 is 0. The molecule has 1 aromatic rings. The highest BCUT2D eigenvalue weighted by molar-refractivity contribution is 5.63. The van der Waals surface area contributed by atoms with Crippen LogP contribution in [-0.4, -0.2) is 0 Å². The maximum atomic E-state index is 2.29. The summed E-state index contributed by atoms with van der Waals surface area (Å²) in [6, 6.07) is 10.5. The standard InChI is InChI=1S/C12H16/c1-10(2)9-11(3)12-7-5-4-6-8-12/h4-10H,1-3H3. The van der Waals surface area contributed by atoms with E-state index in [-0.39, 0.29) is 0 Å². The second kappa shape index (κ2) is 4.10. The molecule has 0 N–H and O–H groups in total. The molecule has 0 nitrogen and oxygen atoms in total. The van der Waals surface area contributed by atoms with Gasteiger partial charge in [-0.05, 0) is 24.0 Å². The van der Waals surface area contributed by atoms with Gasteiger partial charge in [0.05, 0.1) is 0 Å². The molecule has 0 radical (unpaired) electrons. The Morgan fingerprint density at radius 3 is 2.25 bits per heavy atom. The maximum Gasteiger partial charge on any atom is -0.0230 e. The molecule has 64 valence electrons. The fraction of sp³-hybridized carbons (Fsp3) is 0.333. The van der Waals surface area contributed by atoms with Crippen molar-refractivity contribution < 1.29 is 0 Å². The van der Waals surface area contributed by atoms with Crippen LogP contribution in [0.2, 0.25) is 0 Å². The lowest BCUT2D eigenvalue weighted by molar-refractivity contribution is 0.833. The van der Waals surface area contributed by atoms with Crippen molar-refractivity contribution in [3.05, 3.63) is 42.0 Å². The summed E-state index contributed by atoms with van der Waals surface area (Å²) in [5.41, 5.74) is 2.69. The predicted molar refractivity (Wildman–Crippen MR) is 54.9 cm³/mol. The SMILES string of the molecule is CC(=CC(C)C)c1ccccc1. The fourth-order valence-corrected chi connectivity index (χ4v) is 1.30. The Labute approximate surface area is 74.9 Å². The highest BCUT2D eigenvalue weighted by Gasteiger charge is 1.94. The van der Waals surface area contributed by atoms with E-state index in [0.717, 1.165) is 0 Å². The van der Waals surface area contributed by atoms with Gasteiger partial charge in [0.15, 0.2) is 0 Å². The van der Waals surface area contributed by atoms with Crippen molar-refractivity contribution in [2.24, 2.45) is 5.92 Å². The van der Waals surface area contributed by atoms with Crippen LogP contribution >= 0.6 is 0 Å². The van der Waals surface area contributed by atoms with Gasteiger partial charge in [-0.2, -0.15) is 0 Å².